The minimum Gasteiger partial charge on any atom is -0.375 e. The van der Waals surface area contributed by atoms with Gasteiger partial charge in [0, 0.05) is 16.2 Å². The van der Waals surface area contributed by atoms with Crippen molar-refractivity contribution in [1.29, 1.82) is 0 Å². The summed E-state index contributed by atoms with van der Waals surface area (Å²) in [6, 6.07) is 3.22. The summed E-state index contributed by atoms with van der Waals surface area (Å²) < 4.78 is 38.1. The first-order valence-corrected chi connectivity index (χ1v) is 6.39. The number of benzene rings is 1. The van der Waals surface area contributed by atoms with E-state index in [1.165, 1.54) is 6.07 Å². The second-order valence-corrected chi connectivity index (χ2v) is 5.12. The number of rotatable bonds is 4. The fourth-order valence-corrected chi connectivity index (χ4v) is 1.77. The molecule has 0 unspecified atom stereocenters. The second-order valence-electron chi connectivity index (χ2n) is 4.27. The number of halogens is 4. The Morgan fingerprint density at radius 1 is 1.37 bits per heavy atom. The van der Waals surface area contributed by atoms with Crippen molar-refractivity contribution in [3.8, 4) is 0 Å². The Hall–Kier alpha value is -1.24. The molecular formula is C12H14BrF3N2O. The number of alkyl halides is 3. The lowest BCUT2D eigenvalue weighted by Crippen LogP contribution is -2.34. The molecule has 0 saturated heterocycles. The monoisotopic (exact) mass is 338 g/mol. The van der Waals surface area contributed by atoms with E-state index in [1.807, 2.05) is 0 Å². The predicted molar refractivity (Wildman–Crippen MR) is 70.9 cm³/mol. The lowest BCUT2D eigenvalue weighted by Gasteiger charge is -2.13. The Balaban J connectivity index is 2.75. The zero-order valence-electron chi connectivity index (χ0n) is 10.4. The van der Waals surface area contributed by atoms with Gasteiger partial charge >= 0.3 is 6.18 Å². The molecule has 1 rings (SSSR count). The van der Waals surface area contributed by atoms with Gasteiger partial charge in [-0.3, -0.25) is 4.79 Å². The van der Waals surface area contributed by atoms with E-state index < -0.39 is 11.7 Å². The molecule has 0 radical (unpaired) electrons. The van der Waals surface area contributed by atoms with Crippen LogP contribution in [-0.2, 0) is 11.0 Å². The molecular weight excluding hydrogens is 325 g/mol. The highest BCUT2D eigenvalue weighted by atomic mass is 79.9. The summed E-state index contributed by atoms with van der Waals surface area (Å²) in [5.41, 5.74) is -0.531. The maximum Gasteiger partial charge on any atom is 0.416 e. The lowest BCUT2D eigenvalue weighted by atomic mass is 10.2. The molecule has 0 aliphatic heterocycles. The molecule has 0 atom stereocenters. The SMILES string of the molecule is CC(C)NC(=O)CNc1cc(C(F)(F)F)ccc1Br. The number of anilines is 1. The molecule has 1 amide bonds. The standard InChI is InChI=1S/C12H14BrF3N2O/c1-7(2)18-11(19)6-17-10-5-8(12(14,15)16)3-4-9(10)13/h3-5,7,17H,6H2,1-2H3,(H,18,19). The zero-order chi connectivity index (χ0) is 14.6. The van der Waals surface area contributed by atoms with Crippen LogP contribution < -0.4 is 10.6 Å². The van der Waals surface area contributed by atoms with Gasteiger partial charge in [-0.25, -0.2) is 0 Å². The third-order valence-electron chi connectivity index (χ3n) is 2.18. The van der Waals surface area contributed by atoms with Crippen molar-refractivity contribution in [1.82, 2.24) is 5.32 Å². The fraction of sp³-hybridized carbons (Fsp3) is 0.417. The Morgan fingerprint density at radius 2 is 2.00 bits per heavy atom. The summed E-state index contributed by atoms with van der Waals surface area (Å²) in [4.78, 5) is 11.4. The first kappa shape index (κ1) is 15.8. The van der Waals surface area contributed by atoms with E-state index in [-0.39, 0.29) is 24.2 Å². The van der Waals surface area contributed by atoms with E-state index in [4.69, 9.17) is 0 Å². The molecule has 0 aliphatic carbocycles. The minimum absolute atomic E-state index is 0.0146. The van der Waals surface area contributed by atoms with Crippen molar-refractivity contribution in [3.63, 3.8) is 0 Å². The number of nitrogens with one attached hydrogen (secondary N) is 2. The number of hydrogen-bond donors (Lipinski definition) is 2. The maximum absolute atomic E-state index is 12.5. The van der Waals surface area contributed by atoms with Crippen molar-refractivity contribution < 1.29 is 18.0 Å². The quantitative estimate of drug-likeness (QED) is 0.883. The van der Waals surface area contributed by atoms with E-state index in [0.717, 1.165) is 12.1 Å². The average molecular weight is 339 g/mol. The Morgan fingerprint density at radius 3 is 2.53 bits per heavy atom. The van der Waals surface area contributed by atoms with Crippen LogP contribution in [0.25, 0.3) is 0 Å². The van der Waals surface area contributed by atoms with Crippen LogP contribution >= 0.6 is 15.9 Å². The summed E-state index contributed by atoms with van der Waals surface area (Å²) in [6.07, 6.45) is -4.41. The summed E-state index contributed by atoms with van der Waals surface area (Å²) in [5, 5.41) is 5.31. The van der Waals surface area contributed by atoms with Gasteiger partial charge in [0.25, 0.3) is 0 Å². The molecule has 0 heterocycles. The Labute approximate surface area is 117 Å². The second kappa shape index (κ2) is 6.27. The first-order valence-electron chi connectivity index (χ1n) is 5.60. The average Bonchev–Trinajstić information content (AvgIpc) is 2.25. The highest BCUT2D eigenvalue weighted by molar-refractivity contribution is 9.10. The van der Waals surface area contributed by atoms with Crippen molar-refractivity contribution in [2.45, 2.75) is 26.1 Å². The van der Waals surface area contributed by atoms with Gasteiger partial charge in [0.05, 0.1) is 12.1 Å². The number of carbonyl (C=O) groups excluding carboxylic acids is 1. The fourth-order valence-electron chi connectivity index (χ4n) is 1.39. The molecule has 0 aromatic heterocycles. The Kier molecular flexibility index (Phi) is 5.22. The van der Waals surface area contributed by atoms with Crippen molar-refractivity contribution in [2.75, 3.05) is 11.9 Å². The summed E-state index contributed by atoms with van der Waals surface area (Å²) >= 11 is 3.14. The maximum atomic E-state index is 12.5. The first-order chi connectivity index (χ1) is 8.70. The van der Waals surface area contributed by atoms with Crippen LogP contribution in [0.15, 0.2) is 22.7 Å². The predicted octanol–water partition coefficient (Wildman–Crippen LogP) is 3.40. The number of carbonyl (C=O) groups is 1. The van der Waals surface area contributed by atoms with Crippen LogP contribution in [0.2, 0.25) is 0 Å². The van der Waals surface area contributed by atoms with Gasteiger partial charge in [0.1, 0.15) is 0 Å². The highest BCUT2D eigenvalue weighted by Gasteiger charge is 2.30. The molecule has 19 heavy (non-hydrogen) atoms. The van der Waals surface area contributed by atoms with Gasteiger partial charge in [-0.2, -0.15) is 13.2 Å². The Bertz CT molecular complexity index is 461. The van der Waals surface area contributed by atoms with E-state index in [0.29, 0.717) is 4.47 Å². The molecule has 0 fully saturated rings. The van der Waals surface area contributed by atoms with Crippen LogP contribution in [0.5, 0.6) is 0 Å². The van der Waals surface area contributed by atoms with E-state index in [2.05, 4.69) is 26.6 Å². The van der Waals surface area contributed by atoms with Crippen LogP contribution in [-0.4, -0.2) is 18.5 Å². The van der Waals surface area contributed by atoms with Crippen molar-refractivity contribution in [2.24, 2.45) is 0 Å². The van der Waals surface area contributed by atoms with Crippen LogP contribution in [0.1, 0.15) is 19.4 Å². The van der Waals surface area contributed by atoms with E-state index in [9.17, 15) is 18.0 Å². The topological polar surface area (TPSA) is 41.1 Å². The number of hydrogen-bond acceptors (Lipinski definition) is 2. The van der Waals surface area contributed by atoms with Gasteiger partial charge in [-0.15, -0.1) is 0 Å². The molecule has 1 aromatic carbocycles. The van der Waals surface area contributed by atoms with Gasteiger partial charge in [-0.05, 0) is 48.0 Å². The highest BCUT2D eigenvalue weighted by Crippen LogP contribution is 2.33. The van der Waals surface area contributed by atoms with Gasteiger partial charge in [0.15, 0.2) is 0 Å². The largest absolute Gasteiger partial charge is 0.416 e. The summed E-state index contributed by atoms with van der Waals surface area (Å²) in [7, 11) is 0. The van der Waals surface area contributed by atoms with Crippen LogP contribution in [0, 0.1) is 0 Å². The molecule has 2 N–H and O–H groups in total. The van der Waals surface area contributed by atoms with Crippen molar-refractivity contribution in [3.05, 3.63) is 28.2 Å². The molecule has 7 heteroatoms. The number of amides is 1. The van der Waals surface area contributed by atoms with Crippen molar-refractivity contribution >= 4 is 27.5 Å². The summed E-state index contributed by atoms with van der Waals surface area (Å²) in [6.45, 7) is 3.52. The lowest BCUT2D eigenvalue weighted by molar-refractivity contribution is -0.137. The molecule has 106 valence electrons. The third kappa shape index (κ3) is 5.10. The van der Waals surface area contributed by atoms with Gasteiger partial charge in [-0.1, -0.05) is 0 Å². The molecule has 0 bridgehead atoms. The minimum atomic E-state index is -4.41. The molecule has 0 saturated carbocycles. The molecule has 0 spiro atoms. The van der Waals surface area contributed by atoms with Crippen LogP contribution in [0.4, 0.5) is 18.9 Å². The normalized spacial score (nSPS) is 11.5. The van der Waals surface area contributed by atoms with Gasteiger partial charge in [0.2, 0.25) is 5.91 Å². The van der Waals surface area contributed by atoms with E-state index in [1.54, 1.807) is 13.8 Å². The smallest absolute Gasteiger partial charge is 0.375 e. The third-order valence-corrected chi connectivity index (χ3v) is 2.87. The van der Waals surface area contributed by atoms with E-state index >= 15 is 0 Å². The zero-order valence-corrected chi connectivity index (χ0v) is 12.0. The summed E-state index contributed by atoms with van der Waals surface area (Å²) in [5.74, 6) is -0.278. The van der Waals surface area contributed by atoms with Crippen LogP contribution in [0.3, 0.4) is 0 Å². The van der Waals surface area contributed by atoms with Gasteiger partial charge < -0.3 is 10.6 Å². The molecule has 0 aliphatic rings. The molecule has 1 aromatic rings. The molecule has 3 nitrogen and oxygen atoms in total.